The van der Waals surface area contributed by atoms with Crippen LogP contribution in [0.2, 0.25) is 0 Å². The molecule has 4 heteroatoms. The first-order valence-electron chi connectivity index (χ1n) is 4.48. The molecular formula is C10H13F2NO. The van der Waals surface area contributed by atoms with Crippen molar-refractivity contribution in [2.45, 2.75) is 25.7 Å². The first-order valence-corrected chi connectivity index (χ1v) is 4.48. The molecule has 0 bridgehead atoms. The topological polar surface area (TPSA) is 22.1 Å². The van der Waals surface area contributed by atoms with E-state index in [4.69, 9.17) is 4.74 Å². The molecule has 0 atom stereocenters. The fourth-order valence-corrected chi connectivity index (χ4v) is 1.21. The molecule has 0 saturated heterocycles. The zero-order chi connectivity index (χ0) is 10.6. The summed E-state index contributed by atoms with van der Waals surface area (Å²) in [5.41, 5.74) is -0.0359. The summed E-state index contributed by atoms with van der Waals surface area (Å²) in [6, 6.07) is 2.59. The Morgan fingerprint density at radius 2 is 2.21 bits per heavy atom. The molecule has 0 amide bonds. The predicted molar refractivity (Wildman–Crippen MR) is 49.6 cm³/mol. The summed E-state index contributed by atoms with van der Waals surface area (Å²) in [5, 5.41) is 0. The van der Waals surface area contributed by atoms with Crippen LogP contribution in [0.1, 0.15) is 25.3 Å². The van der Waals surface area contributed by atoms with Crippen molar-refractivity contribution in [3.05, 3.63) is 23.9 Å². The van der Waals surface area contributed by atoms with Gasteiger partial charge in [-0.15, -0.1) is 0 Å². The van der Waals surface area contributed by atoms with Crippen molar-refractivity contribution in [3.63, 3.8) is 0 Å². The fraction of sp³-hybridized carbons (Fsp3) is 0.500. The molecule has 14 heavy (non-hydrogen) atoms. The fourth-order valence-electron chi connectivity index (χ4n) is 1.21. The zero-order valence-corrected chi connectivity index (χ0v) is 8.26. The quantitative estimate of drug-likeness (QED) is 0.747. The number of alkyl halides is 2. The van der Waals surface area contributed by atoms with Crippen molar-refractivity contribution in [1.82, 2.24) is 4.98 Å². The molecule has 1 rings (SSSR count). The molecule has 0 fully saturated rings. The van der Waals surface area contributed by atoms with Crippen molar-refractivity contribution in [1.29, 1.82) is 0 Å². The Hall–Kier alpha value is -1.19. The molecule has 0 radical (unpaired) electrons. The van der Waals surface area contributed by atoms with E-state index in [1.54, 1.807) is 6.92 Å². The summed E-state index contributed by atoms with van der Waals surface area (Å²) < 4.78 is 31.6. The van der Waals surface area contributed by atoms with Crippen molar-refractivity contribution in [2.75, 3.05) is 7.11 Å². The van der Waals surface area contributed by atoms with Crippen molar-refractivity contribution in [2.24, 2.45) is 0 Å². The van der Waals surface area contributed by atoms with Crippen molar-refractivity contribution < 1.29 is 13.5 Å². The number of ether oxygens (including phenoxy) is 1. The molecular weight excluding hydrogens is 188 g/mol. The second-order valence-electron chi connectivity index (χ2n) is 3.04. The van der Waals surface area contributed by atoms with Crippen LogP contribution >= 0.6 is 0 Å². The van der Waals surface area contributed by atoms with Gasteiger partial charge in [0.25, 0.3) is 5.92 Å². The lowest BCUT2D eigenvalue weighted by Gasteiger charge is -2.15. The van der Waals surface area contributed by atoms with E-state index in [1.165, 1.54) is 25.4 Å². The molecule has 0 spiro atoms. The predicted octanol–water partition coefficient (Wildman–Crippen LogP) is 2.98. The maximum absolute atomic E-state index is 13.4. The van der Waals surface area contributed by atoms with Gasteiger partial charge in [0.15, 0.2) is 0 Å². The molecule has 0 saturated carbocycles. The lowest BCUT2D eigenvalue weighted by Crippen LogP contribution is -2.12. The number of aromatic nitrogens is 1. The van der Waals surface area contributed by atoms with Crippen LogP contribution in [0.5, 0.6) is 5.88 Å². The van der Waals surface area contributed by atoms with E-state index in [2.05, 4.69) is 4.98 Å². The van der Waals surface area contributed by atoms with Crippen LogP contribution in [0.3, 0.4) is 0 Å². The summed E-state index contributed by atoms with van der Waals surface area (Å²) in [7, 11) is 1.41. The number of nitrogens with zero attached hydrogens (tertiary/aromatic N) is 1. The summed E-state index contributed by atoms with van der Waals surface area (Å²) in [6.45, 7) is 1.73. The van der Waals surface area contributed by atoms with E-state index in [0.717, 1.165) is 0 Å². The van der Waals surface area contributed by atoms with Crippen LogP contribution in [-0.4, -0.2) is 12.1 Å². The first-order chi connectivity index (χ1) is 6.60. The van der Waals surface area contributed by atoms with Gasteiger partial charge in [-0.3, -0.25) is 0 Å². The number of pyridine rings is 1. The van der Waals surface area contributed by atoms with Gasteiger partial charge < -0.3 is 4.74 Å². The standard InChI is InChI=1S/C10H13F2NO/c1-3-5-10(11,12)8-4-6-13-9(7-8)14-2/h4,6-7H,3,5H2,1-2H3. The highest BCUT2D eigenvalue weighted by molar-refractivity contribution is 5.24. The molecule has 1 aromatic rings. The Bertz CT molecular complexity index is 302. The van der Waals surface area contributed by atoms with Gasteiger partial charge in [-0.05, 0) is 6.07 Å². The second kappa shape index (κ2) is 4.35. The molecule has 0 aliphatic heterocycles. The minimum atomic E-state index is -2.79. The summed E-state index contributed by atoms with van der Waals surface area (Å²) >= 11 is 0. The highest BCUT2D eigenvalue weighted by Crippen LogP contribution is 2.33. The molecule has 1 heterocycles. The maximum Gasteiger partial charge on any atom is 0.273 e. The van der Waals surface area contributed by atoms with Gasteiger partial charge in [0.1, 0.15) is 0 Å². The third-order valence-corrected chi connectivity index (χ3v) is 1.93. The minimum Gasteiger partial charge on any atom is -0.481 e. The van der Waals surface area contributed by atoms with Gasteiger partial charge in [-0.1, -0.05) is 13.3 Å². The summed E-state index contributed by atoms with van der Waals surface area (Å²) in [5.74, 6) is -2.57. The van der Waals surface area contributed by atoms with Crippen LogP contribution in [0.25, 0.3) is 0 Å². The van der Waals surface area contributed by atoms with Gasteiger partial charge in [0.2, 0.25) is 5.88 Å². The van der Waals surface area contributed by atoms with Gasteiger partial charge >= 0.3 is 0 Å². The third-order valence-electron chi connectivity index (χ3n) is 1.93. The third kappa shape index (κ3) is 2.40. The highest BCUT2D eigenvalue weighted by Gasteiger charge is 2.30. The van der Waals surface area contributed by atoms with Gasteiger partial charge in [-0.25, -0.2) is 13.8 Å². The largest absolute Gasteiger partial charge is 0.481 e. The Balaban J connectivity index is 2.93. The number of rotatable bonds is 4. The van der Waals surface area contributed by atoms with Crippen molar-refractivity contribution in [3.8, 4) is 5.88 Å². The molecule has 0 N–H and O–H groups in total. The van der Waals surface area contributed by atoms with E-state index >= 15 is 0 Å². The summed E-state index contributed by atoms with van der Waals surface area (Å²) in [4.78, 5) is 3.78. The molecule has 2 nitrogen and oxygen atoms in total. The van der Waals surface area contributed by atoms with E-state index in [1.807, 2.05) is 0 Å². The average Bonchev–Trinajstić information content (AvgIpc) is 2.18. The molecule has 78 valence electrons. The van der Waals surface area contributed by atoms with Gasteiger partial charge in [0.05, 0.1) is 7.11 Å². The van der Waals surface area contributed by atoms with Crippen LogP contribution < -0.4 is 4.74 Å². The zero-order valence-electron chi connectivity index (χ0n) is 8.26. The van der Waals surface area contributed by atoms with Crippen LogP contribution in [0.4, 0.5) is 8.78 Å². The minimum absolute atomic E-state index is 0.0359. The van der Waals surface area contributed by atoms with E-state index < -0.39 is 5.92 Å². The normalized spacial score (nSPS) is 11.4. The molecule has 0 unspecified atom stereocenters. The lowest BCUT2D eigenvalue weighted by atomic mass is 10.1. The number of hydrogen-bond donors (Lipinski definition) is 0. The monoisotopic (exact) mass is 201 g/mol. The molecule has 0 aliphatic carbocycles. The second-order valence-corrected chi connectivity index (χ2v) is 3.04. The smallest absolute Gasteiger partial charge is 0.273 e. The number of methoxy groups -OCH3 is 1. The Labute approximate surface area is 81.9 Å². The number of halogens is 2. The molecule has 1 aromatic heterocycles. The van der Waals surface area contributed by atoms with Crippen LogP contribution in [-0.2, 0) is 5.92 Å². The summed E-state index contributed by atoms with van der Waals surface area (Å²) in [6.07, 6.45) is 1.62. The van der Waals surface area contributed by atoms with Crippen LogP contribution in [0, 0.1) is 0 Å². The number of hydrogen-bond acceptors (Lipinski definition) is 2. The van der Waals surface area contributed by atoms with Crippen molar-refractivity contribution >= 4 is 0 Å². The lowest BCUT2D eigenvalue weighted by molar-refractivity contribution is -0.0143. The van der Waals surface area contributed by atoms with E-state index in [-0.39, 0.29) is 17.9 Å². The van der Waals surface area contributed by atoms with Gasteiger partial charge in [-0.2, -0.15) is 0 Å². The van der Waals surface area contributed by atoms with E-state index in [0.29, 0.717) is 6.42 Å². The Morgan fingerprint density at radius 1 is 1.50 bits per heavy atom. The SMILES string of the molecule is CCCC(F)(F)c1ccnc(OC)c1. The van der Waals surface area contributed by atoms with Crippen LogP contribution in [0.15, 0.2) is 18.3 Å². The Morgan fingerprint density at radius 3 is 2.79 bits per heavy atom. The van der Waals surface area contributed by atoms with Gasteiger partial charge in [0, 0.05) is 24.2 Å². The van der Waals surface area contributed by atoms with E-state index in [9.17, 15) is 8.78 Å². The maximum atomic E-state index is 13.4. The molecule has 0 aromatic carbocycles. The highest BCUT2D eigenvalue weighted by atomic mass is 19.3. The first kappa shape index (κ1) is 10.9. The Kier molecular flexibility index (Phi) is 3.38. The average molecular weight is 201 g/mol. The molecule has 0 aliphatic rings.